The van der Waals surface area contributed by atoms with Crippen molar-refractivity contribution in [3.05, 3.63) is 23.9 Å². The second-order valence-electron chi connectivity index (χ2n) is 5.55. The molecule has 0 radical (unpaired) electrons. The van der Waals surface area contributed by atoms with E-state index in [1.165, 1.54) is 6.07 Å². The first-order valence-corrected chi connectivity index (χ1v) is 7.35. The van der Waals surface area contributed by atoms with Crippen LogP contribution in [-0.4, -0.2) is 61.3 Å². The number of aromatic nitrogens is 1. The van der Waals surface area contributed by atoms with E-state index in [4.69, 9.17) is 4.74 Å². The molecule has 1 N–H and O–H groups in total. The van der Waals surface area contributed by atoms with Crippen molar-refractivity contribution in [2.45, 2.75) is 12.2 Å². The normalized spacial score (nSPS) is 19.4. The van der Waals surface area contributed by atoms with Crippen molar-refractivity contribution in [2.75, 3.05) is 44.3 Å². The topological polar surface area (TPSA) is 57.7 Å². The van der Waals surface area contributed by atoms with Crippen LogP contribution in [0.25, 0.3) is 0 Å². The van der Waals surface area contributed by atoms with E-state index in [2.05, 4.69) is 10.3 Å². The van der Waals surface area contributed by atoms with E-state index in [-0.39, 0.29) is 12.1 Å². The predicted octanol–water partition coefficient (Wildman–Crippen LogP) is 1.33. The Morgan fingerprint density at radius 1 is 1.26 bits per heavy atom. The van der Waals surface area contributed by atoms with Crippen molar-refractivity contribution in [2.24, 2.45) is 0 Å². The smallest absolute Gasteiger partial charge is 0.378 e. The van der Waals surface area contributed by atoms with Gasteiger partial charge in [0.1, 0.15) is 5.82 Å². The molecule has 1 aromatic rings. The number of ether oxygens (including phenoxy) is 1. The highest BCUT2D eigenvalue weighted by Gasteiger charge is 2.33. The number of hydrogen-bond donors (Lipinski definition) is 1. The van der Waals surface area contributed by atoms with Crippen molar-refractivity contribution >= 4 is 11.8 Å². The summed E-state index contributed by atoms with van der Waals surface area (Å²) in [6, 6.07) is 2.22. The average Bonchev–Trinajstić information content (AvgIpc) is 2.50. The number of alkyl halides is 3. The largest absolute Gasteiger partial charge is 0.417 e. The molecule has 3 heterocycles. The quantitative estimate of drug-likeness (QED) is 0.889. The number of pyridine rings is 1. The fourth-order valence-corrected chi connectivity index (χ4v) is 2.53. The Morgan fingerprint density at radius 2 is 1.96 bits per heavy atom. The van der Waals surface area contributed by atoms with Crippen molar-refractivity contribution in [3.63, 3.8) is 0 Å². The molecule has 1 aromatic heterocycles. The fraction of sp³-hybridized carbons (Fsp3) is 0.571. The summed E-state index contributed by atoms with van der Waals surface area (Å²) in [5.74, 6) is 0.481. The minimum absolute atomic E-state index is 0.0190. The van der Waals surface area contributed by atoms with E-state index in [9.17, 15) is 18.0 Å². The Hall–Kier alpha value is -2.03. The highest BCUT2D eigenvalue weighted by molar-refractivity contribution is 5.75. The third-order valence-electron chi connectivity index (χ3n) is 3.91. The molecule has 3 rings (SSSR count). The van der Waals surface area contributed by atoms with Crippen molar-refractivity contribution in [3.8, 4) is 0 Å². The van der Waals surface area contributed by atoms with Gasteiger partial charge in [0.25, 0.3) is 0 Å². The minimum atomic E-state index is -4.38. The molecule has 126 valence electrons. The molecule has 0 aromatic carbocycles. The first kappa shape index (κ1) is 15.9. The molecule has 2 amide bonds. The van der Waals surface area contributed by atoms with E-state index < -0.39 is 11.7 Å². The molecule has 0 saturated carbocycles. The number of nitrogens with zero attached hydrogens (tertiary/aromatic N) is 3. The lowest BCUT2D eigenvalue weighted by Crippen LogP contribution is -2.62. The standard InChI is InChI=1S/C14H17F3N4O2/c15-14(16,17)10-1-2-12(18-7-10)21-8-11(9-21)19-13(22)20-3-5-23-6-4-20/h1-2,7,11H,3-6,8-9H2,(H,19,22). The third-order valence-corrected chi connectivity index (χ3v) is 3.91. The van der Waals surface area contributed by atoms with E-state index >= 15 is 0 Å². The summed E-state index contributed by atoms with van der Waals surface area (Å²) in [6.07, 6.45) is -3.55. The van der Waals surface area contributed by atoms with Gasteiger partial charge in [0.15, 0.2) is 0 Å². The van der Waals surface area contributed by atoms with Gasteiger partial charge in [-0.05, 0) is 12.1 Å². The summed E-state index contributed by atoms with van der Waals surface area (Å²) in [5.41, 5.74) is -0.765. The summed E-state index contributed by atoms with van der Waals surface area (Å²) in [6.45, 7) is 3.30. The highest BCUT2D eigenvalue weighted by Crippen LogP contribution is 2.30. The number of hydrogen-bond acceptors (Lipinski definition) is 4. The molecule has 2 fully saturated rings. The number of amides is 2. The zero-order valence-corrected chi connectivity index (χ0v) is 12.3. The SMILES string of the molecule is O=C(NC1CN(c2ccc(C(F)(F)F)cn2)C1)N1CCOCC1. The fourth-order valence-electron chi connectivity index (χ4n) is 2.53. The molecule has 0 spiro atoms. The summed E-state index contributed by atoms with van der Waals surface area (Å²) in [5, 5.41) is 2.90. The van der Waals surface area contributed by atoms with Crippen LogP contribution >= 0.6 is 0 Å². The number of morpholine rings is 1. The number of halogens is 3. The summed E-state index contributed by atoms with van der Waals surface area (Å²) < 4.78 is 42.6. The Labute approximate surface area is 131 Å². The number of rotatable bonds is 2. The first-order chi connectivity index (χ1) is 10.9. The van der Waals surface area contributed by atoms with Gasteiger partial charge < -0.3 is 19.9 Å². The zero-order valence-electron chi connectivity index (χ0n) is 12.3. The Morgan fingerprint density at radius 3 is 2.52 bits per heavy atom. The predicted molar refractivity (Wildman–Crippen MR) is 76.2 cm³/mol. The number of anilines is 1. The van der Waals surface area contributed by atoms with Gasteiger partial charge in [-0.3, -0.25) is 0 Å². The van der Waals surface area contributed by atoms with Gasteiger partial charge in [-0.25, -0.2) is 9.78 Å². The lowest BCUT2D eigenvalue weighted by molar-refractivity contribution is -0.137. The van der Waals surface area contributed by atoms with Gasteiger partial charge >= 0.3 is 12.2 Å². The molecule has 2 saturated heterocycles. The maximum absolute atomic E-state index is 12.5. The molecule has 0 unspecified atom stereocenters. The summed E-state index contributed by atoms with van der Waals surface area (Å²) in [7, 11) is 0. The van der Waals surface area contributed by atoms with Crippen LogP contribution in [0.1, 0.15) is 5.56 Å². The third kappa shape index (κ3) is 3.66. The minimum Gasteiger partial charge on any atom is -0.378 e. The molecule has 0 aliphatic carbocycles. The summed E-state index contributed by atoms with van der Waals surface area (Å²) >= 11 is 0. The zero-order chi connectivity index (χ0) is 16.4. The Bertz CT molecular complexity index is 552. The van der Waals surface area contributed by atoms with Crippen molar-refractivity contribution in [1.82, 2.24) is 15.2 Å². The van der Waals surface area contributed by atoms with Crippen molar-refractivity contribution < 1.29 is 22.7 Å². The van der Waals surface area contributed by atoms with Crippen LogP contribution in [0, 0.1) is 0 Å². The maximum Gasteiger partial charge on any atom is 0.417 e. The lowest BCUT2D eigenvalue weighted by atomic mass is 10.1. The Balaban J connectivity index is 1.48. The maximum atomic E-state index is 12.5. The number of nitrogens with one attached hydrogen (secondary N) is 1. The van der Waals surface area contributed by atoms with E-state index in [1.807, 2.05) is 4.90 Å². The highest BCUT2D eigenvalue weighted by atomic mass is 19.4. The number of urea groups is 1. The monoisotopic (exact) mass is 330 g/mol. The van der Waals surface area contributed by atoms with Gasteiger partial charge in [0.2, 0.25) is 0 Å². The van der Waals surface area contributed by atoms with Crippen LogP contribution < -0.4 is 10.2 Å². The van der Waals surface area contributed by atoms with Crippen LogP contribution in [0.5, 0.6) is 0 Å². The van der Waals surface area contributed by atoms with Crippen LogP contribution in [0.15, 0.2) is 18.3 Å². The van der Waals surface area contributed by atoms with Gasteiger partial charge in [-0.1, -0.05) is 0 Å². The van der Waals surface area contributed by atoms with E-state index in [1.54, 1.807) is 4.90 Å². The van der Waals surface area contributed by atoms with Crippen molar-refractivity contribution in [1.29, 1.82) is 0 Å². The van der Waals surface area contributed by atoms with Gasteiger partial charge in [0, 0.05) is 32.4 Å². The van der Waals surface area contributed by atoms with Gasteiger partial charge in [-0.2, -0.15) is 13.2 Å². The van der Waals surface area contributed by atoms with Crippen LogP contribution in [0.3, 0.4) is 0 Å². The first-order valence-electron chi connectivity index (χ1n) is 7.35. The number of carbonyl (C=O) groups is 1. The second-order valence-corrected chi connectivity index (χ2v) is 5.55. The molecule has 6 nitrogen and oxygen atoms in total. The molecule has 9 heteroatoms. The summed E-state index contributed by atoms with van der Waals surface area (Å²) in [4.78, 5) is 19.4. The Kier molecular flexibility index (Phi) is 4.29. The molecule has 0 bridgehead atoms. The second kappa shape index (κ2) is 6.23. The van der Waals surface area contributed by atoms with Gasteiger partial charge in [0.05, 0.1) is 24.8 Å². The molecule has 2 aliphatic rings. The molecular formula is C14H17F3N4O2. The van der Waals surface area contributed by atoms with E-state index in [0.29, 0.717) is 45.2 Å². The lowest BCUT2D eigenvalue weighted by Gasteiger charge is -2.41. The van der Waals surface area contributed by atoms with Crippen LogP contribution in [0.2, 0.25) is 0 Å². The molecule has 0 atom stereocenters. The van der Waals surface area contributed by atoms with E-state index in [0.717, 1.165) is 12.3 Å². The molecular weight excluding hydrogens is 313 g/mol. The molecule has 23 heavy (non-hydrogen) atoms. The molecule has 2 aliphatic heterocycles. The van der Waals surface area contributed by atoms with Gasteiger partial charge in [-0.15, -0.1) is 0 Å². The van der Waals surface area contributed by atoms with Crippen LogP contribution in [-0.2, 0) is 10.9 Å². The van der Waals surface area contributed by atoms with Crippen LogP contribution in [0.4, 0.5) is 23.8 Å². The average molecular weight is 330 g/mol. The number of carbonyl (C=O) groups excluding carboxylic acids is 1.